The molecule has 12 heavy (non-hydrogen) atoms. The summed E-state index contributed by atoms with van der Waals surface area (Å²) in [6.07, 6.45) is 2.69. The van der Waals surface area contributed by atoms with Gasteiger partial charge >= 0.3 is 0 Å². The van der Waals surface area contributed by atoms with Gasteiger partial charge in [0.25, 0.3) is 0 Å². The zero-order chi connectivity index (χ0) is 9.03. The lowest BCUT2D eigenvalue weighted by molar-refractivity contribution is 0.127. The number of rotatable bonds is 5. The molecule has 0 unspecified atom stereocenters. The third-order valence-electron chi connectivity index (χ3n) is 3.31. The first-order chi connectivity index (χ1) is 5.72. The molecule has 0 aromatic heterocycles. The SMILES string of the molecule is CCN(C)CCC1(CC)CNC1. The van der Waals surface area contributed by atoms with Crippen molar-refractivity contribution in [2.24, 2.45) is 5.41 Å². The predicted molar refractivity (Wildman–Crippen MR) is 53.4 cm³/mol. The van der Waals surface area contributed by atoms with Crippen molar-refractivity contribution in [3.8, 4) is 0 Å². The lowest BCUT2D eigenvalue weighted by atomic mass is 9.76. The summed E-state index contributed by atoms with van der Waals surface area (Å²) >= 11 is 0. The van der Waals surface area contributed by atoms with Crippen LogP contribution < -0.4 is 5.32 Å². The molecule has 2 heteroatoms. The van der Waals surface area contributed by atoms with Crippen molar-refractivity contribution < 1.29 is 0 Å². The average molecular weight is 170 g/mol. The summed E-state index contributed by atoms with van der Waals surface area (Å²) < 4.78 is 0. The minimum Gasteiger partial charge on any atom is -0.316 e. The van der Waals surface area contributed by atoms with E-state index in [4.69, 9.17) is 0 Å². The molecule has 0 radical (unpaired) electrons. The monoisotopic (exact) mass is 170 g/mol. The second-order valence-electron chi connectivity index (χ2n) is 4.10. The molecule has 1 aliphatic heterocycles. The Morgan fingerprint density at radius 2 is 2.00 bits per heavy atom. The Morgan fingerprint density at radius 3 is 2.33 bits per heavy atom. The van der Waals surface area contributed by atoms with Gasteiger partial charge in [-0.2, -0.15) is 0 Å². The lowest BCUT2D eigenvalue weighted by Gasteiger charge is -2.43. The molecule has 0 aliphatic carbocycles. The summed E-state index contributed by atoms with van der Waals surface area (Å²) in [4.78, 5) is 2.40. The fraction of sp³-hybridized carbons (Fsp3) is 1.00. The average Bonchev–Trinajstić information content (AvgIpc) is 2.03. The maximum absolute atomic E-state index is 3.38. The van der Waals surface area contributed by atoms with Crippen LogP contribution in [0, 0.1) is 5.41 Å². The molecule has 0 spiro atoms. The molecule has 1 heterocycles. The smallest absolute Gasteiger partial charge is 0.00206 e. The first-order valence-corrected chi connectivity index (χ1v) is 5.12. The van der Waals surface area contributed by atoms with E-state index in [2.05, 4.69) is 31.1 Å². The van der Waals surface area contributed by atoms with Gasteiger partial charge in [-0.1, -0.05) is 13.8 Å². The Kier molecular flexibility index (Phi) is 3.53. The van der Waals surface area contributed by atoms with E-state index >= 15 is 0 Å². The van der Waals surface area contributed by atoms with Crippen molar-refractivity contribution in [3.63, 3.8) is 0 Å². The van der Waals surface area contributed by atoms with Crippen molar-refractivity contribution in [2.75, 3.05) is 33.2 Å². The fourth-order valence-corrected chi connectivity index (χ4v) is 1.67. The number of nitrogens with one attached hydrogen (secondary N) is 1. The second kappa shape index (κ2) is 4.24. The number of nitrogens with zero attached hydrogens (tertiary/aromatic N) is 1. The Hall–Kier alpha value is -0.0800. The number of hydrogen-bond acceptors (Lipinski definition) is 2. The molecule has 1 N–H and O–H groups in total. The maximum Gasteiger partial charge on any atom is 0.00206 e. The highest BCUT2D eigenvalue weighted by Gasteiger charge is 2.34. The van der Waals surface area contributed by atoms with Gasteiger partial charge in [0.1, 0.15) is 0 Å². The van der Waals surface area contributed by atoms with Crippen molar-refractivity contribution in [1.29, 1.82) is 0 Å². The standard InChI is InChI=1S/C10H22N2/c1-4-10(8-11-9-10)6-7-12(3)5-2/h11H,4-9H2,1-3H3. The third kappa shape index (κ3) is 2.20. The van der Waals surface area contributed by atoms with Gasteiger partial charge in [0.2, 0.25) is 0 Å². The molecular weight excluding hydrogens is 148 g/mol. The molecule has 2 nitrogen and oxygen atoms in total. The van der Waals surface area contributed by atoms with Gasteiger partial charge in [0.05, 0.1) is 0 Å². The van der Waals surface area contributed by atoms with Gasteiger partial charge in [-0.05, 0) is 38.4 Å². The van der Waals surface area contributed by atoms with Crippen LogP contribution in [0.2, 0.25) is 0 Å². The van der Waals surface area contributed by atoms with Crippen LogP contribution >= 0.6 is 0 Å². The molecule has 0 aromatic rings. The van der Waals surface area contributed by atoms with E-state index in [1.165, 1.54) is 39.0 Å². The molecular formula is C10H22N2. The van der Waals surface area contributed by atoms with Crippen molar-refractivity contribution in [2.45, 2.75) is 26.7 Å². The van der Waals surface area contributed by atoms with E-state index in [-0.39, 0.29) is 0 Å². The molecule has 1 rings (SSSR count). The largest absolute Gasteiger partial charge is 0.316 e. The van der Waals surface area contributed by atoms with E-state index in [1.54, 1.807) is 0 Å². The summed E-state index contributed by atoms with van der Waals surface area (Å²) in [6.45, 7) is 9.44. The van der Waals surface area contributed by atoms with Gasteiger partial charge in [0.15, 0.2) is 0 Å². The second-order valence-corrected chi connectivity index (χ2v) is 4.10. The van der Waals surface area contributed by atoms with Crippen molar-refractivity contribution in [1.82, 2.24) is 10.2 Å². The van der Waals surface area contributed by atoms with Crippen molar-refractivity contribution >= 4 is 0 Å². The van der Waals surface area contributed by atoms with E-state index < -0.39 is 0 Å². The van der Waals surface area contributed by atoms with Gasteiger partial charge in [0, 0.05) is 13.1 Å². The van der Waals surface area contributed by atoms with Crippen LogP contribution in [0.25, 0.3) is 0 Å². The van der Waals surface area contributed by atoms with Crippen LogP contribution in [-0.2, 0) is 0 Å². The van der Waals surface area contributed by atoms with Crippen LogP contribution in [0.15, 0.2) is 0 Å². The summed E-state index contributed by atoms with van der Waals surface area (Å²) in [7, 11) is 2.20. The Morgan fingerprint density at radius 1 is 1.33 bits per heavy atom. The first-order valence-electron chi connectivity index (χ1n) is 5.12. The third-order valence-corrected chi connectivity index (χ3v) is 3.31. The normalized spacial score (nSPS) is 21.0. The molecule has 0 saturated carbocycles. The van der Waals surface area contributed by atoms with E-state index in [0.29, 0.717) is 5.41 Å². The van der Waals surface area contributed by atoms with Crippen LogP contribution in [-0.4, -0.2) is 38.1 Å². The predicted octanol–water partition coefficient (Wildman–Crippen LogP) is 1.33. The van der Waals surface area contributed by atoms with Gasteiger partial charge in [-0.25, -0.2) is 0 Å². The zero-order valence-corrected chi connectivity index (χ0v) is 8.69. The maximum atomic E-state index is 3.38. The van der Waals surface area contributed by atoms with Crippen LogP contribution in [0.4, 0.5) is 0 Å². The van der Waals surface area contributed by atoms with Crippen LogP contribution in [0.5, 0.6) is 0 Å². The van der Waals surface area contributed by atoms with Gasteiger partial charge < -0.3 is 10.2 Å². The van der Waals surface area contributed by atoms with Crippen LogP contribution in [0.1, 0.15) is 26.7 Å². The summed E-state index contributed by atoms with van der Waals surface area (Å²) in [5.74, 6) is 0. The van der Waals surface area contributed by atoms with E-state index in [0.717, 1.165) is 0 Å². The lowest BCUT2D eigenvalue weighted by Crippen LogP contribution is -2.54. The Labute approximate surface area is 76.3 Å². The molecule has 0 bridgehead atoms. The molecule has 72 valence electrons. The summed E-state index contributed by atoms with van der Waals surface area (Å²) in [5.41, 5.74) is 0.642. The molecule has 1 aliphatic rings. The Balaban J connectivity index is 2.20. The van der Waals surface area contributed by atoms with Crippen LogP contribution in [0.3, 0.4) is 0 Å². The highest BCUT2D eigenvalue weighted by Crippen LogP contribution is 2.30. The minimum atomic E-state index is 0.642. The van der Waals surface area contributed by atoms with Gasteiger partial charge in [-0.3, -0.25) is 0 Å². The van der Waals surface area contributed by atoms with E-state index in [9.17, 15) is 0 Å². The molecule has 0 amide bonds. The highest BCUT2D eigenvalue weighted by molar-refractivity contribution is 4.91. The summed E-state index contributed by atoms with van der Waals surface area (Å²) in [5, 5.41) is 3.38. The molecule has 1 saturated heterocycles. The van der Waals surface area contributed by atoms with E-state index in [1.807, 2.05) is 0 Å². The molecule has 1 fully saturated rings. The first kappa shape index (κ1) is 10.0. The highest BCUT2D eigenvalue weighted by atomic mass is 15.1. The minimum absolute atomic E-state index is 0.642. The van der Waals surface area contributed by atoms with Gasteiger partial charge in [-0.15, -0.1) is 0 Å². The number of hydrogen-bond donors (Lipinski definition) is 1. The van der Waals surface area contributed by atoms with Crippen molar-refractivity contribution in [3.05, 3.63) is 0 Å². The quantitative estimate of drug-likeness (QED) is 0.669. The fourth-order valence-electron chi connectivity index (χ4n) is 1.67. The molecule has 0 aromatic carbocycles. The zero-order valence-electron chi connectivity index (χ0n) is 8.69. The molecule has 0 atom stereocenters. The Bertz CT molecular complexity index is 124. The topological polar surface area (TPSA) is 15.3 Å². The summed E-state index contributed by atoms with van der Waals surface area (Å²) in [6, 6.07) is 0.